The van der Waals surface area contributed by atoms with E-state index >= 15 is 0 Å². The van der Waals surface area contributed by atoms with Gasteiger partial charge in [-0.1, -0.05) is 0 Å². The maximum Gasteiger partial charge on any atom is 0.260 e. The Labute approximate surface area is 124 Å². The standard InChI is InChI=1S/C13H19N3O4S/c1-15-6-8-16(9-7-15)13(17)10-20-11-2-4-12(5-3-11)21(14,18)19/h2-5H,6-10H2,1H3,(H2,14,18,19). The molecule has 1 aromatic rings. The number of hydrogen-bond donors (Lipinski definition) is 1. The smallest absolute Gasteiger partial charge is 0.260 e. The lowest BCUT2D eigenvalue weighted by Gasteiger charge is -2.32. The predicted octanol–water partition coefficient (Wildman–Crippen LogP) is -0.513. The normalized spacial score (nSPS) is 16.8. The quantitative estimate of drug-likeness (QED) is 0.808. The summed E-state index contributed by atoms with van der Waals surface area (Å²) in [6, 6.07) is 5.67. The van der Waals surface area contributed by atoms with Crippen LogP contribution in [0.3, 0.4) is 0 Å². The fourth-order valence-electron chi connectivity index (χ4n) is 2.02. The number of amides is 1. The van der Waals surface area contributed by atoms with Gasteiger partial charge in [0.05, 0.1) is 4.90 Å². The van der Waals surface area contributed by atoms with E-state index in [9.17, 15) is 13.2 Å². The first-order chi connectivity index (χ1) is 9.86. The summed E-state index contributed by atoms with van der Waals surface area (Å²) in [6.45, 7) is 3.05. The molecule has 1 aliphatic heterocycles. The molecule has 1 saturated heterocycles. The van der Waals surface area contributed by atoms with Crippen LogP contribution in [0.15, 0.2) is 29.2 Å². The fraction of sp³-hybridized carbons (Fsp3) is 0.462. The molecule has 1 amide bonds. The van der Waals surface area contributed by atoms with Crippen LogP contribution in [0.25, 0.3) is 0 Å². The highest BCUT2D eigenvalue weighted by Gasteiger charge is 2.19. The van der Waals surface area contributed by atoms with Crippen molar-refractivity contribution in [2.45, 2.75) is 4.90 Å². The Hall–Kier alpha value is -1.64. The maximum absolute atomic E-state index is 12.0. The highest BCUT2D eigenvalue weighted by molar-refractivity contribution is 7.89. The number of carbonyl (C=O) groups excluding carboxylic acids is 1. The third-order valence-corrected chi connectivity index (χ3v) is 4.30. The van der Waals surface area contributed by atoms with Crippen molar-refractivity contribution in [2.75, 3.05) is 39.8 Å². The number of sulfonamides is 1. The summed E-state index contributed by atoms with van der Waals surface area (Å²) in [5.41, 5.74) is 0. The highest BCUT2D eigenvalue weighted by atomic mass is 32.2. The van der Waals surface area contributed by atoms with Crippen LogP contribution in [-0.2, 0) is 14.8 Å². The molecule has 2 rings (SSSR count). The van der Waals surface area contributed by atoms with E-state index in [2.05, 4.69) is 4.90 Å². The molecule has 1 fully saturated rings. The van der Waals surface area contributed by atoms with Gasteiger partial charge in [0, 0.05) is 26.2 Å². The van der Waals surface area contributed by atoms with Gasteiger partial charge in [0.1, 0.15) is 5.75 Å². The summed E-state index contributed by atoms with van der Waals surface area (Å²) in [7, 11) is -1.69. The molecule has 0 radical (unpaired) electrons. The molecule has 1 aliphatic rings. The molecule has 1 aromatic carbocycles. The van der Waals surface area contributed by atoms with Crippen LogP contribution < -0.4 is 9.88 Å². The van der Waals surface area contributed by atoms with E-state index in [1.165, 1.54) is 24.3 Å². The van der Waals surface area contributed by atoms with Crippen LogP contribution in [0.1, 0.15) is 0 Å². The van der Waals surface area contributed by atoms with Gasteiger partial charge < -0.3 is 14.5 Å². The van der Waals surface area contributed by atoms with E-state index in [0.29, 0.717) is 18.8 Å². The van der Waals surface area contributed by atoms with E-state index in [1.54, 1.807) is 4.90 Å². The van der Waals surface area contributed by atoms with Crippen LogP contribution in [-0.4, -0.2) is 64.0 Å². The van der Waals surface area contributed by atoms with E-state index in [0.717, 1.165) is 13.1 Å². The summed E-state index contributed by atoms with van der Waals surface area (Å²) in [5, 5.41) is 5.00. The number of nitrogens with zero attached hydrogens (tertiary/aromatic N) is 2. The zero-order chi connectivity index (χ0) is 15.5. The van der Waals surface area contributed by atoms with E-state index in [1.807, 2.05) is 7.05 Å². The molecular weight excluding hydrogens is 294 g/mol. The largest absolute Gasteiger partial charge is 0.484 e. The molecule has 116 valence electrons. The topological polar surface area (TPSA) is 92.9 Å². The van der Waals surface area contributed by atoms with Crippen molar-refractivity contribution >= 4 is 15.9 Å². The first-order valence-electron chi connectivity index (χ1n) is 6.58. The van der Waals surface area contributed by atoms with Crippen molar-refractivity contribution in [3.63, 3.8) is 0 Å². The molecule has 2 N–H and O–H groups in total. The summed E-state index contributed by atoms with van der Waals surface area (Å²) in [4.78, 5) is 15.9. The molecule has 8 heteroatoms. The molecule has 7 nitrogen and oxygen atoms in total. The van der Waals surface area contributed by atoms with E-state index < -0.39 is 10.0 Å². The van der Waals surface area contributed by atoms with Gasteiger partial charge in [-0.3, -0.25) is 4.79 Å². The van der Waals surface area contributed by atoms with Gasteiger partial charge >= 0.3 is 0 Å². The first-order valence-corrected chi connectivity index (χ1v) is 8.13. The Kier molecular flexibility index (Phi) is 4.81. The van der Waals surface area contributed by atoms with Gasteiger partial charge in [0.15, 0.2) is 6.61 Å². The second-order valence-corrected chi connectivity index (χ2v) is 6.55. The minimum absolute atomic E-state index is 0.0141. The van der Waals surface area contributed by atoms with Crippen molar-refractivity contribution in [1.29, 1.82) is 0 Å². The fourth-order valence-corrected chi connectivity index (χ4v) is 2.53. The average Bonchev–Trinajstić information content (AvgIpc) is 2.45. The lowest BCUT2D eigenvalue weighted by Crippen LogP contribution is -2.48. The van der Waals surface area contributed by atoms with Crippen LogP contribution in [0.4, 0.5) is 0 Å². The maximum atomic E-state index is 12.0. The van der Waals surface area contributed by atoms with Gasteiger partial charge in [-0.05, 0) is 31.3 Å². The van der Waals surface area contributed by atoms with Crippen molar-refractivity contribution < 1.29 is 17.9 Å². The second kappa shape index (κ2) is 6.42. The number of ether oxygens (including phenoxy) is 1. The third-order valence-electron chi connectivity index (χ3n) is 3.37. The predicted molar refractivity (Wildman–Crippen MR) is 77.4 cm³/mol. The van der Waals surface area contributed by atoms with Crippen LogP contribution in [0.2, 0.25) is 0 Å². The van der Waals surface area contributed by atoms with Gasteiger partial charge in [0.25, 0.3) is 5.91 Å². The Morgan fingerprint density at radius 1 is 1.19 bits per heavy atom. The summed E-state index contributed by atoms with van der Waals surface area (Å²) < 4.78 is 27.6. The zero-order valence-corrected chi connectivity index (χ0v) is 12.7. The molecule has 0 bridgehead atoms. The number of nitrogens with two attached hydrogens (primary N) is 1. The number of benzene rings is 1. The number of likely N-dealkylation sites (N-methyl/N-ethyl adjacent to an activating group) is 1. The molecule has 0 aromatic heterocycles. The summed E-state index contributed by atoms with van der Waals surface area (Å²) >= 11 is 0. The van der Waals surface area contributed by atoms with Crippen molar-refractivity contribution in [1.82, 2.24) is 9.80 Å². The Bertz CT molecular complexity index is 592. The van der Waals surface area contributed by atoms with Gasteiger partial charge in [-0.15, -0.1) is 0 Å². The third kappa shape index (κ3) is 4.42. The van der Waals surface area contributed by atoms with Crippen LogP contribution in [0.5, 0.6) is 5.75 Å². The van der Waals surface area contributed by atoms with E-state index in [-0.39, 0.29) is 17.4 Å². The first kappa shape index (κ1) is 15.7. The molecule has 0 spiro atoms. The number of carbonyl (C=O) groups is 1. The number of hydrogen-bond acceptors (Lipinski definition) is 5. The zero-order valence-electron chi connectivity index (χ0n) is 11.9. The van der Waals surface area contributed by atoms with Gasteiger partial charge in [0.2, 0.25) is 10.0 Å². The molecular formula is C13H19N3O4S. The van der Waals surface area contributed by atoms with Crippen molar-refractivity contribution in [2.24, 2.45) is 5.14 Å². The lowest BCUT2D eigenvalue weighted by molar-refractivity contribution is -0.134. The molecule has 0 saturated carbocycles. The Balaban J connectivity index is 1.87. The second-order valence-electron chi connectivity index (χ2n) is 4.99. The Morgan fingerprint density at radius 2 is 1.76 bits per heavy atom. The average molecular weight is 313 g/mol. The van der Waals surface area contributed by atoms with Crippen molar-refractivity contribution in [3.8, 4) is 5.75 Å². The van der Waals surface area contributed by atoms with Crippen LogP contribution >= 0.6 is 0 Å². The monoisotopic (exact) mass is 313 g/mol. The SMILES string of the molecule is CN1CCN(C(=O)COc2ccc(S(N)(=O)=O)cc2)CC1. The van der Waals surface area contributed by atoms with Gasteiger partial charge in [-0.25, -0.2) is 13.6 Å². The number of primary sulfonamides is 1. The highest BCUT2D eigenvalue weighted by Crippen LogP contribution is 2.15. The number of piperazine rings is 1. The Morgan fingerprint density at radius 3 is 2.29 bits per heavy atom. The molecule has 0 aliphatic carbocycles. The minimum atomic E-state index is -3.71. The summed E-state index contributed by atoms with van der Waals surface area (Å²) in [6.07, 6.45) is 0. The molecule has 0 atom stereocenters. The van der Waals surface area contributed by atoms with Crippen LogP contribution in [0, 0.1) is 0 Å². The molecule has 21 heavy (non-hydrogen) atoms. The number of rotatable bonds is 4. The lowest BCUT2D eigenvalue weighted by atomic mass is 10.3. The molecule has 1 heterocycles. The van der Waals surface area contributed by atoms with Gasteiger partial charge in [-0.2, -0.15) is 0 Å². The molecule has 0 unspecified atom stereocenters. The summed E-state index contributed by atoms with van der Waals surface area (Å²) in [5.74, 6) is 0.364. The minimum Gasteiger partial charge on any atom is -0.484 e. The van der Waals surface area contributed by atoms with Crippen molar-refractivity contribution in [3.05, 3.63) is 24.3 Å². The van der Waals surface area contributed by atoms with E-state index in [4.69, 9.17) is 9.88 Å².